The molecule has 0 saturated carbocycles. The molecular formula is C24H22N2O3. The molecule has 0 atom stereocenters. The van der Waals surface area contributed by atoms with Crippen molar-refractivity contribution in [3.8, 4) is 17.0 Å². The fourth-order valence-electron chi connectivity index (χ4n) is 3.61. The summed E-state index contributed by atoms with van der Waals surface area (Å²) in [6.45, 7) is 2.10. The van der Waals surface area contributed by atoms with E-state index >= 15 is 0 Å². The Morgan fingerprint density at radius 2 is 1.86 bits per heavy atom. The third-order valence-corrected chi connectivity index (χ3v) is 5.09. The van der Waals surface area contributed by atoms with Crippen LogP contribution in [0.3, 0.4) is 0 Å². The van der Waals surface area contributed by atoms with Crippen LogP contribution < -0.4 is 4.74 Å². The van der Waals surface area contributed by atoms with Crippen molar-refractivity contribution in [2.45, 2.75) is 13.3 Å². The molecule has 5 heteroatoms. The molecule has 2 aromatic heterocycles. The second kappa shape index (κ2) is 7.80. The summed E-state index contributed by atoms with van der Waals surface area (Å²) in [7, 11) is 3.02. The van der Waals surface area contributed by atoms with E-state index in [1.54, 1.807) is 13.2 Å². The normalized spacial score (nSPS) is 10.9. The van der Waals surface area contributed by atoms with Gasteiger partial charge in [0.1, 0.15) is 11.4 Å². The molecule has 0 aliphatic carbocycles. The minimum Gasteiger partial charge on any atom is -0.497 e. The standard InChI is InChI=1S/C24H22N2O3/c1-15-7-4-5-9-18(15)23-20(19-12-11-17(28-2)14-22(19)26-23)13-16-8-6-10-21(25-16)24(27)29-3/h4-12,14,26H,13H2,1-3H3. The van der Waals surface area contributed by atoms with Crippen LogP contribution in [0.25, 0.3) is 22.2 Å². The van der Waals surface area contributed by atoms with Gasteiger partial charge in [-0.25, -0.2) is 9.78 Å². The van der Waals surface area contributed by atoms with Crippen molar-refractivity contribution in [1.82, 2.24) is 9.97 Å². The first-order valence-corrected chi connectivity index (χ1v) is 9.39. The van der Waals surface area contributed by atoms with Crippen molar-refractivity contribution in [3.05, 3.63) is 83.2 Å². The number of nitrogens with zero attached hydrogens (tertiary/aromatic N) is 1. The van der Waals surface area contributed by atoms with Gasteiger partial charge in [0.15, 0.2) is 0 Å². The monoisotopic (exact) mass is 386 g/mol. The van der Waals surface area contributed by atoms with Crippen LogP contribution in [0.1, 0.15) is 27.3 Å². The number of rotatable bonds is 5. The molecule has 2 aromatic carbocycles. The maximum Gasteiger partial charge on any atom is 0.356 e. The molecule has 4 rings (SSSR count). The van der Waals surface area contributed by atoms with E-state index in [-0.39, 0.29) is 0 Å². The summed E-state index contributed by atoms with van der Waals surface area (Å²) in [4.78, 5) is 19.9. The second-order valence-electron chi connectivity index (χ2n) is 6.89. The van der Waals surface area contributed by atoms with Crippen LogP contribution in [0.2, 0.25) is 0 Å². The Kier molecular flexibility index (Phi) is 5.04. The van der Waals surface area contributed by atoms with Crippen LogP contribution in [-0.4, -0.2) is 30.2 Å². The molecule has 29 heavy (non-hydrogen) atoms. The van der Waals surface area contributed by atoms with Gasteiger partial charge in [0, 0.05) is 34.6 Å². The minimum atomic E-state index is -0.436. The maximum atomic E-state index is 11.9. The van der Waals surface area contributed by atoms with Gasteiger partial charge in [-0.15, -0.1) is 0 Å². The Morgan fingerprint density at radius 1 is 1.03 bits per heavy atom. The Morgan fingerprint density at radius 3 is 2.62 bits per heavy atom. The molecule has 0 aliphatic heterocycles. The molecule has 0 fully saturated rings. The van der Waals surface area contributed by atoms with E-state index in [0.717, 1.165) is 39.2 Å². The van der Waals surface area contributed by atoms with E-state index in [0.29, 0.717) is 12.1 Å². The zero-order valence-corrected chi connectivity index (χ0v) is 16.7. The van der Waals surface area contributed by atoms with Gasteiger partial charge in [0.25, 0.3) is 0 Å². The lowest BCUT2D eigenvalue weighted by Gasteiger charge is -2.09. The molecule has 0 aliphatic rings. The van der Waals surface area contributed by atoms with Gasteiger partial charge < -0.3 is 14.5 Å². The lowest BCUT2D eigenvalue weighted by atomic mass is 9.98. The van der Waals surface area contributed by atoms with Crippen molar-refractivity contribution in [3.63, 3.8) is 0 Å². The number of nitrogens with one attached hydrogen (secondary N) is 1. The number of methoxy groups -OCH3 is 2. The summed E-state index contributed by atoms with van der Waals surface area (Å²) in [6, 6.07) is 19.7. The van der Waals surface area contributed by atoms with Crippen LogP contribution in [0.15, 0.2) is 60.7 Å². The molecule has 0 amide bonds. The molecule has 5 nitrogen and oxygen atoms in total. The number of hydrogen-bond donors (Lipinski definition) is 1. The van der Waals surface area contributed by atoms with Crippen molar-refractivity contribution < 1.29 is 14.3 Å². The smallest absolute Gasteiger partial charge is 0.356 e. The number of H-pyrrole nitrogens is 1. The highest BCUT2D eigenvalue weighted by atomic mass is 16.5. The van der Waals surface area contributed by atoms with Gasteiger partial charge >= 0.3 is 5.97 Å². The summed E-state index contributed by atoms with van der Waals surface area (Å²) in [5.74, 6) is 0.363. The Hall–Kier alpha value is -3.60. The SMILES string of the molecule is COC(=O)c1cccc(Cc2c(-c3ccccc3C)[nH]c3cc(OC)ccc23)n1. The molecule has 0 unspecified atom stereocenters. The van der Waals surface area contributed by atoms with Gasteiger partial charge in [-0.05, 0) is 42.3 Å². The number of aromatic amines is 1. The zero-order chi connectivity index (χ0) is 20.4. The van der Waals surface area contributed by atoms with Crippen molar-refractivity contribution >= 4 is 16.9 Å². The number of carbonyl (C=O) groups is 1. The summed E-state index contributed by atoms with van der Waals surface area (Å²) < 4.78 is 10.2. The van der Waals surface area contributed by atoms with E-state index in [1.165, 1.54) is 12.7 Å². The molecule has 0 radical (unpaired) electrons. The summed E-state index contributed by atoms with van der Waals surface area (Å²) in [6.07, 6.45) is 0.584. The molecule has 146 valence electrons. The zero-order valence-electron chi connectivity index (χ0n) is 16.7. The first kappa shape index (κ1) is 18.7. The van der Waals surface area contributed by atoms with Crippen molar-refractivity contribution in [2.75, 3.05) is 14.2 Å². The van der Waals surface area contributed by atoms with E-state index in [9.17, 15) is 4.79 Å². The molecule has 0 spiro atoms. The number of aromatic nitrogens is 2. The molecule has 0 saturated heterocycles. The lowest BCUT2D eigenvalue weighted by Crippen LogP contribution is -2.06. The Balaban J connectivity index is 1.87. The van der Waals surface area contributed by atoms with Gasteiger partial charge in [-0.2, -0.15) is 0 Å². The third kappa shape index (κ3) is 3.59. The Bertz CT molecular complexity index is 1190. The number of pyridine rings is 1. The van der Waals surface area contributed by atoms with E-state index in [1.807, 2.05) is 36.4 Å². The lowest BCUT2D eigenvalue weighted by molar-refractivity contribution is 0.0593. The van der Waals surface area contributed by atoms with Gasteiger partial charge in [0.05, 0.1) is 19.9 Å². The average molecular weight is 386 g/mol. The molecule has 2 heterocycles. The number of carbonyl (C=O) groups excluding carboxylic acids is 1. The van der Waals surface area contributed by atoms with Crippen LogP contribution in [0.5, 0.6) is 5.75 Å². The number of hydrogen-bond acceptors (Lipinski definition) is 4. The maximum absolute atomic E-state index is 11.9. The van der Waals surface area contributed by atoms with Crippen LogP contribution in [-0.2, 0) is 11.2 Å². The second-order valence-corrected chi connectivity index (χ2v) is 6.89. The fourth-order valence-corrected chi connectivity index (χ4v) is 3.61. The predicted molar refractivity (Wildman–Crippen MR) is 113 cm³/mol. The highest BCUT2D eigenvalue weighted by Gasteiger charge is 2.17. The van der Waals surface area contributed by atoms with Crippen LogP contribution in [0.4, 0.5) is 0 Å². The van der Waals surface area contributed by atoms with E-state index in [2.05, 4.69) is 35.1 Å². The largest absolute Gasteiger partial charge is 0.497 e. The first-order valence-electron chi connectivity index (χ1n) is 9.39. The predicted octanol–water partition coefficient (Wildman–Crippen LogP) is 4.92. The summed E-state index contributed by atoms with van der Waals surface area (Å²) in [5.41, 5.74) is 6.62. The highest BCUT2D eigenvalue weighted by molar-refractivity contribution is 5.92. The van der Waals surface area contributed by atoms with Crippen molar-refractivity contribution in [2.24, 2.45) is 0 Å². The van der Waals surface area contributed by atoms with E-state index < -0.39 is 5.97 Å². The molecular weight excluding hydrogens is 364 g/mol. The van der Waals surface area contributed by atoms with Crippen molar-refractivity contribution in [1.29, 1.82) is 0 Å². The van der Waals surface area contributed by atoms with Crippen LogP contribution in [0, 0.1) is 6.92 Å². The molecule has 1 N–H and O–H groups in total. The fraction of sp³-hybridized carbons (Fsp3) is 0.167. The van der Waals surface area contributed by atoms with Gasteiger partial charge in [-0.3, -0.25) is 0 Å². The quantitative estimate of drug-likeness (QED) is 0.494. The minimum absolute atomic E-state index is 0.309. The summed E-state index contributed by atoms with van der Waals surface area (Å²) >= 11 is 0. The third-order valence-electron chi connectivity index (χ3n) is 5.09. The number of aryl methyl sites for hydroxylation is 1. The first-order chi connectivity index (χ1) is 14.1. The topological polar surface area (TPSA) is 64.2 Å². The summed E-state index contributed by atoms with van der Waals surface area (Å²) in [5, 5.41) is 1.11. The number of benzene rings is 2. The number of ether oxygens (including phenoxy) is 2. The number of fused-ring (bicyclic) bond motifs is 1. The van der Waals surface area contributed by atoms with Crippen LogP contribution >= 0.6 is 0 Å². The Labute approximate surface area is 169 Å². The van der Waals surface area contributed by atoms with Gasteiger partial charge in [-0.1, -0.05) is 30.3 Å². The molecule has 4 aromatic rings. The average Bonchev–Trinajstić information content (AvgIpc) is 3.10. The molecule has 0 bridgehead atoms. The number of esters is 1. The highest BCUT2D eigenvalue weighted by Crippen LogP contribution is 2.35. The van der Waals surface area contributed by atoms with Gasteiger partial charge in [0.2, 0.25) is 0 Å². The van der Waals surface area contributed by atoms with E-state index in [4.69, 9.17) is 9.47 Å².